The predicted octanol–water partition coefficient (Wildman–Crippen LogP) is 2.94. The first-order valence-electron chi connectivity index (χ1n) is 8.09. The number of nitrogens with zero attached hydrogens (tertiary/aromatic N) is 2. The standard InChI is InChI=1S/C16H27N3S/c1-12-13(2)20-16(18-12)15-4-3-9-19(11-15)10-14-5-7-17-8-6-14/h14-15,17H,3-11H2,1-2H3. The number of aromatic nitrogens is 1. The zero-order valence-electron chi connectivity index (χ0n) is 12.8. The van der Waals surface area contributed by atoms with Gasteiger partial charge in [0.1, 0.15) is 0 Å². The van der Waals surface area contributed by atoms with E-state index in [1.165, 1.54) is 74.0 Å². The van der Waals surface area contributed by atoms with Crippen molar-refractivity contribution in [3.8, 4) is 0 Å². The van der Waals surface area contributed by atoms with Gasteiger partial charge in [0.05, 0.1) is 10.7 Å². The molecule has 2 fully saturated rings. The third kappa shape index (κ3) is 3.41. The molecule has 1 N–H and O–H groups in total. The van der Waals surface area contributed by atoms with Crippen molar-refractivity contribution in [1.29, 1.82) is 0 Å². The highest BCUT2D eigenvalue weighted by Crippen LogP contribution is 2.31. The van der Waals surface area contributed by atoms with Gasteiger partial charge in [0.2, 0.25) is 0 Å². The average Bonchev–Trinajstić information content (AvgIpc) is 2.80. The number of piperidine rings is 2. The summed E-state index contributed by atoms with van der Waals surface area (Å²) < 4.78 is 0. The van der Waals surface area contributed by atoms with E-state index in [4.69, 9.17) is 4.98 Å². The molecule has 1 aromatic heterocycles. The van der Waals surface area contributed by atoms with Gasteiger partial charge in [-0.3, -0.25) is 0 Å². The molecular weight excluding hydrogens is 266 g/mol. The zero-order chi connectivity index (χ0) is 13.9. The molecule has 1 aromatic rings. The number of hydrogen-bond acceptors (Lipinski definition) is 4. The first-order chi connectivity index (χ1) is 9.72. The van der Waals surface area contributed by atoms with Gasteiger partial charge >= 0.3 is 0 Å². The summed E-state index contributed by atoms with van der Waals surface area (Å²) >= 11 is 1.92. The minimum atomic E-state index is 0.683. The summed E-state index contributed by atoms with van der Waals surface area (Å²) in [6.07, 6.45) is 5.38. The first-order valence-corrected chi connectivity index (χ1v) is 8.91. The summed E-state index contributed by atoms with van der Waals surface area (Å²) in [5, 5.41) is 4.85. The van der Waals surface area contributed by atoms with Crippen molar-refractivity contribution in [2.24, 2.45) is 5.92 Å². The fraction of sp³-hybridized carbons (Fsp3) is 0.812. The lowest BCUT2D eigenvalue weighted by Crippen LogP contribution is -2.40. The Morgan fingerprint density at radius 2 is 2.05 bits per heavy atom. The molecule has 3 nitrogen and oxygen atoms in total. The van der Waals surface area contributed by atoms with E-state index in [1.54, 1.807) is 0 Å². The van der Waals surface area contributed by atoms with Crippen molar-refractivity contribution < 1.29 is 0 Å². The minimum Gasteiger partial charge on any atom is -0.317 e. The van der Waals surface area contributed by atoms with Crippen molar-refractivity contribution in [1.82, 2.24) is 15.2 Å². The monoisotopic (exact) mass is 293 g/mol. The van der Waals surface area contributed by atoms with Crippen LogP contribution in [0.15, 0.2) is 0 Å². The third-order valence-electron chi connectivity index (χ3n) is 4.87. The van der Waals surface area contributed by atoms with E-state index in [-0.39, 0.29) is 0 Å². The van der Waals surface area contributed by atoms with E-state index >= 15 is 0 Å². The van der Waals surface area contributed by atoms with Gasteiger partial charge in [-0.05, 0) is 65.1 Å². The van der Waals surface area contributed by atoms with Crippen molar-refractivity contribution in [3.63, 3.8) is 0 Å². The molecule has 3 heterocycles. The number of nitrogens with one attached hydrogen (secondary N) is 1. The Hall–Kier alpha value is -0.450. The summed E-state index contributed by atoms with van der Waals surface area (Å²) in [4.78, 5) is 8.90. The van der Waals surface area contributed by atoms with E-state index in [1.807, 2.05) is 11.3 Å². The van der Waals surface area contributed by atoms with Gasteiger partial charge in [-0.2, -0.15) is 0 Å². The fourth-order valence-corrected chi connectivity index (χ4v) is 4.57. The number of rotatable bonds is 3. The molecule has 0 amide bonds. The lowest BCUT2D eigenvalue weighted by molar-refractivity contribution is 0.163. The van der Waals surface area contributed by atoms with Crippen LogP contribution in [0.1, 0.15) is 47.2 Å². The highest BCUT2D eigenvalue weighted by Gasteiger charge is 2.26. The summed E-state index contributed by atoms with van der Waals surface area (Å²) in [5.41, 5.74) is 1.24. The molecule has 0 radical (unpaired) electrons. The van der Waals surface area contributed by atoms with Gasteiger partial charge in [-0.25, -0.2) is 4.98 Å². The summed E-state index contributed by atoms with van der Waals surface area (Å²) in [6, 6.07) is 0. The third-order valence-corrected chi connectivity index (χ3v) is 6.11. The van der Waals surface area contributed by atoms with E-state index < -0.39 is 0 Å². The maximum Gasteiger partial charge on any atom is 0.0974 e. The van der Waals surface area contributed by atoms with Gasteiger partial charge in [0.15, 0.2) is 0 Å². The number of hydrogen-bond donors (Lipinski definition) is 1. The second kappa shape index (κ2) is 6.54. The fourth-order valence-electron chi connectivity index (χ4n) is 3.52. The van der Waals surface area contributed by atoms with E-state index in [0.717, 1.165) is 5.92 Å². The first kappa shape index (κ1) is 14.5. The predicted molar refractivity (Wildman–Crippen MR) is 85.6 cm³/mol. The molecule has 0 spiro atoms. The number of thiazole rings is 1. The summed E-state index contributed by atoms with van der Waals surface area (Å²) in [6.45, 7) is 10.6. The highest BCUT2D eigenvalue weighted by molar-refractivity contribution is 7.11. The molecule has 0 aliphatic carbocycles. The Kier molecular flexibility index (Phi) is 4.74. The van der Waals surface area contributed by atoms with Crippen LogP contribution in [0.2, 0.25) is 0 Å². The Balaban J connectivity index is 1.58. The van der Waals surface area contributed by atoms with E-state index in [0.29, 0.717) is 5.92 Å². The average molecular weight is 293 g/mol. The molecule has 1 atom stereocenters. The van der Waals surface area contributed by atoms with Gasteiger partial charge in [0, 0.05) is 23.9 Å². The van der Waals surface area contributed by atoms with Gasteiger partial charge in [-0.15, -0.1) is 11.3 Å². The van der Waals surface area contributed by atoms with Crippen LogP contribution < -0.4 is 5.32 Å². The molecule has 2 aliphatic heterocycles. The second-order valence-electron chi connectivity index (χ2n) is 6.49. The summed E-state index contributed by atoms with van der Waals surface area (Å²) in [5.74, 6) is 1.60. The normalized spacial score (nSPS) is 26.0. The number of likely N-dealkylation sites (tertiary alicyclic amines) is 1. The molecule has 2 saturated heterocycles. The zero-order valence-corrected chi connectivity index (χ0v) is 13.6. The Morgan fingerprint density at radius 1 is 1.25 bits per heavy atom. The molecule has 0 aromatic carbocycles. The largest absolute Gasteiger partial charge is 0.317 e. The Bertz CT molecular complexity index is 417. The quantitative estimate of drug-likeness (QED) is 0.929. The van der Waals surface area contributed by atoms with Crippen LogP contribution in [-0.4, -0.2) is 42.6 Å². The maximum absolute atomic E-state index is 4.80. The molecule has 0 bridgehead atoms. The van der Waals surface area contributed by atoms with Crippen LogP contribution in [0.3, 0.4) is 0 Å². The molecule has 2 aliphatic rings. The topological polar surface area (TPSA) is 28.2 Å². The molecule has 1 unspecified atom stereocenters. The maximum atomic E-state index is 4.80. The van der Waals surface area contributed by atoms with Gasteiger partial charge < -0.3 is 10.2 Å². The van der Waals surface area contributed by atoms with Crippen LogP contribution in [0, 0.1) is 19.8 Å². The van der Waals surface area contributed by atoms with Crippen LogP contribution in [0.25, 0.3) is 0 Å². The smallest absolute Gasteiger partial charge is 0.0974 e. The van der Waals surface area contributed by atoms with Crippen LogP contribution in [0.4, 0.5) is 0 Å². The molecular formula is C16H27N3S. The van der Waals surface area contributed by atoms with Crippen LogP contribution >= 0.6 is 11.3 Å². The number of aryl methyl sites for hydroxylation is 2. The second-order valence-corrected chi connectivity index (χ2v) is 7.72. The lowest BCUT2D eigenvalue weighted by Gasteiger charge is -2.35. The SMILES string of the molecule is Cc1nc(C2CCCN(CC3CCNCC3)C2)sc1C. The lowest BCUT2D eigenvalue weighted by atomic mass is 9.94. The van der Waals surface area contributed by atoms with Gasteiger partial charge in [0.25, 0.3) is 0 Å². The Morgan fingerprint density at radius 3 is 2.75 bits per heavy atom. The highest BCUT2D eigenvalue weighted by atomic mass is 32.1. The van der Waals surface area contributed by atoms with Crippen LogP contribution in [0.5, 0.6) is 0 Å². The molecule has 3 rings (SSSR count). The van der Waals surface area contributed by atoms with Crippen LogP contribution in [-0.2, 0) is 0 Å². The van der Waals surface area contributed by atoms with Crippen molar-refractivity contribution >= 4 is 11.3 Å². The van der Waals surface area contributed by atoms with Crippen molar-refractivity contribution in [3.05, 3.63) is 15.6 Å². The van der Waals surface area contributed by atoms with Crippen molar-refractivity contribution in [2.45, 2.75) is 45.4 Å². The van der Waals surface area contributed by atoms with E-state index in [9.17, 15) is 0 Å². The summed E-state index contributed by atoms with van der Waals surface area (Å²) in [7, 11) is 0. The molecule has 0 saturated carbocycles. The van der Waals surface area contributed by atoms with Gasteiger partial charge in [-0.1, -0.05) is 0 Å². The minimum absolute atomic E-state index is 0.683. The molecule has 4 heteroatoms. The molecule has 112 valence electrons. The van der Waals surface area contributed by atoms with E-state index in [2.05, 4.69) is 24.1 Å². The van der Waals surface area contributed by atoms with Crippen molar-refractivity contribution in [2.75, 3.05) is 32.7 Å². The Labute approximate surface area is 126 Å². The molecule has 20 heavy (non-hydrogen) atoms.